The van der Waals surface area contributed by atoms with E-state index in [4.69, 9.17) is 4.74 Å². The summed E-state index contributed by atoms with van der Waals surface area (Å²) in [6.45, 7) is 1.12. The predicted octanol–water partition coefficient (Wildman–Crippen LogP) is 3.15. The zero-order chi connectivity index (χ0) is 16.8. The van der Waals surface area contributed by atoms with Crippen LogP contribution in [-0.2, 0) is 4.79 Å². The summed E-state index contributed by atoms with van der Waals surface area (Å²) < 4.78 is 5.76. The van der Waals surface area contributed by atoms with Crippen LogP contribution < -0.4 is 10.1 Å². The van der Waals surface area contributed by atoms with Gasteiger partial charge in [-0.15, -0.1) is 11.8 Å². The lowest BCUT2D eigenvalue weighted by Crippen LogP contribution is -2.43. The second-order valence-electron chi connectivity index (χ2n) is 5.52. The Kier molecular flexibility index (Phi) is 5.74. The molecule has 5 nitrogen and oxygen atoms in total. The van der Waals surface area contributed by atoms with Gasteiger partial charge in [-0.1, -0.05) is 18.2 Å². The van der Waals surface area contributed by atoms with Crippen molar-refractivity contribution in [2.24, 2.45) is 0 Å². The van der Waals surface area contributed by atoms with E-state index in [0.29, 0.717) is 12.3 Å². The van der Waals surface area contributed by atoms with Gasteiger partial charge < -0.3 is 10.1 Å². The van der Waals surface area contributed by atoms with Crippen LogP contribution in [0.3, 0.4) is 0 Å². The highest BCUT2D eigenvalue weighted by molar-refractivity contribution is 7.99. The molecule has 24 heavy (non-hydrogen) atoms. The van der Waals surface area contributed by atoms with Crippen molar-refractivity contribution in [2.75, 3.05) is 18.8 Å². The zero-order valence-corrected chi connectivity index (χ0v) is 14.0. The van der Waals surface area contributed by atoms with Crippen LogP contribution in [0.25, 0.3) is 0 Å². The summed E-state index contributed by atoms with van der Waals surface area (Å²) in [6.07, 6.45) is 0.759. The number of nitrogens with zero attached hydrogens (tertiary/aromatic N) is 1. The van der Waals surface area contributed by atoms with Crippen LogP contribution >= 0.6 is 11.8 Å². The maximum Gasteiger partial charge on any atom is 0.263 e. The van der Waals surface area contributed by atoms with Gasteiger partial charge in [-0.25, -0.2) is 5.06 Å². The Morgan fingerprint density at radius 2 is 1.83 bits per heavy atom. The van der Waals surface area contributed by atoms with E-state index in [1.54, 1.807) is 11.8 Å². The van der Waals surface area contributed by atoms with E-state index in [9.17, 15) is 10.0 Å². The van der Waals surface area contributed by atoms with Crippen LogP contribution in [0.2, 0.25) is 0 Å². The summed E-state index contributed by atoms with van der Waals surface area (Å²) >= 11 is 1.58. The number of benzene rings is 2. The van der Waals surface area contributed by atoms with Gasteiger partial charge in [-0.3, -0.25) is 10.0 Å². The molecule has 1 aliphatic rings. The van der Waals surface area contributed by atoms with Gasteiger partial charge in [0.1, 0.15) is 11.5 Å². The van der Waals surface area contributed by atoms with Crippen LogP contribution in [0.15, 0.2) is 59.5 Å². The van der Waals surface area contributed by atoms with Crippen molar-refractivity contribution < 1.29 is 14.7 Å². The highest BCUT2D eigenvalue weighted by atomic mass is 32.2. The zero-order valence-electron chi connectivity index (χ0n) is 13.2. The topological polar surface area (TPSA) is 61.8 Å². The lowest BCUT2D eigenvalue weighted by molar-refractivity contribution is -0.165. The van der Waals surface area contributed by atoms with Gasteiger partial charge in [-0.2, -0.15) is 0 Å². The van der Waals surface area contributed by atoms with Crippen LogP contribution in [-0.4, -0.2) is 41.1 Å². The minimum atomic E-state index is -0.359. The minimum Gasteiger partial charge on any atom is -0.457 e. The highest BCUT2D eigenvalue weighted by Crippen LogP contribution is 2.25. The van der Waals surface area contributed by atoms with E-state index in [0.717, 1.165) is 34.4 Å². The number of hydrogen-bond donors (Lipinski definition) is 2. The number of amides is 1. The SMILES string of the molecule is O=C1C(CSc2ccc(Oc3ccccc3)cc2)NCCCN1O. The molecule has 1 aliphatic heterocycles. The molecule has 0 spiro atoms. The number of thioether (sulfide) groups is 1. The third-order valence-electron chi connectivity index (χ3n) is 3.71. The first-order chi connectivity index (χ1) is 11.7. The molecule has 1 heterocycles. The standard InChI is InChI=1S/C18H20N2O3S/c21-18-17(19-11-4-12-20(18)22)13-24-16-9-7-15(8-10-16)23-14-5-2-1-3-6-14/h1-3,5-10,17,19,22H,4,11-13H2. The number of rotatable bonds is 5. The summed E-state index contributed by atoms with van der Waals surface area (Å²) in [6, 6.07) is 17.0. The molecule has 1 saturated heterocycles. The number of ether oxygens (including phenoxy) is 1. The molecule has 1 atom stereocenters. The lowest BCUT2D eigenvalue weighted by atomic mass is 10.3. The number of hydroxylamine groups is 2. The Labute approximate surface area is 145 Å². The maximum atomic E-state index is 12.0. The number of nitrogens with one attached hydrogen (secondary N) is 1. The fourth-order valence-corrected chi connectivity index (χ4v) is 3.37. The number of carbonyl (C=O) groups is 1. The van der Waals surface area contributed by atoms with Crippen molar-refractivity contribution in [3.8, 4) is 11.5 Å². The Bertz CT molecular complexity index is 664. The van der Waals surface area contributed by atoms with Crippen LogP contribution in [0, 0.1) is 0 Å². The Hall–Kier alpha value is -2.02. The average Bonchev–Trinajstić information content (AvgIpc) is 2.77. The molecule has 6 heteroatoms. The van der Waals surface area contributed by atoms with Crippen molar-refractivity contribution in [2.45, 2.75) is 17.4 Å². The normalized spacial score (nSPS) is 18.3. The van der Waals surface area contributed by atoms with Crippen LogP contribution in [0.1, 0.15) is 6.42 Å². The summed E-state index contributed by atoms with van der Waals surface area (Å²) in [5.41, 5.74) is 0. The average molecular weight is 344 g/mol. The molecule has 126 valence electrons. The third kappa shape index (κ3) is 4.50. The summed E-state index contributed by atoms with van der Waals surface area (Å²) in [4.78, 5) is 13.1. The fourth-order valence-electron chi connectivity index (χ4n) is 2.42. The molecule has 0 radical (unpaired) electrons. The van der Waals surface area contributed by atoms with Gasteiger partial charge in [-0.05, 0) is 49.4 Å². The molecular weight excluding hydrogens is 324 g/mol. The smallest absolute Gasteiger partial charge is 0.263 e. The molecule has 2 N–H and O–H groups in total. The summed E-state index contributed by atoms with van der Waals surface area (Å²) in [7, 11) is 0. The van der Waals surface area contributed by atoms with Crippen molar-refractivity contribution in [3.63, 3.8) is 0 Å². The largest absolute Gasteiger partial charge is 0.457 e. The molecule has 1 amide bonds. The predicted molar refractivity (Wildman–Crippen MR) is 93.6 cm³/mol. The first-order valence-corrected chi connectivity index (χ1v) is 8.90. The van der Waals surface area contributed by atoms with E-state index >= 15 is 0 Å². The van der Waals surface area contributed by atoms with Crippen LogP contribution in [0.4, 0.5) is 0 Å². The third-order valence-corrected chi connectivity index (χ3v) is 4.81. The van der Waals surface area contributed by atoms with Crippen molar-refractivity contribution in [3.05, 3.63) is 54.6 Å². The Morgan fingerprint density at radius 3 is 2.58 bits per heavy atom. The fraction of sp³-hybridized carbons (Fsp3) is 0.278. The lowest BCUT2D eigenvalue weighted by Gasteiger charge is -2.18. The number of hydrogen-bond acceptors (Lipinski definition) is 5. The first-order valence-electron chi connectivity index (χ1n) is 7.92. The second-order valence-corrected chi connectivity index (χ2v) is 6.61. The molecule has 0 saturated carbocycles. The molecule has 1 fully saturated rings. The Morgan fingerprint density at radius 1 is 1.12 bits per heavy atom. The van der Waals surface area contributed by atoms with Gasteiger partial charge in [0, 0.05) is 17.2 Å². The van der Waals surface area contributed by atoms with Gasteiger partial charge in [0.05, 0.1) is 6.04 Å². The molecule has 2 aromatic carbocycles. The highest BCUT2D eigenvalue weighted by Gasteiger charge is 2.25. The van der Waals surface area contributed by atoms with E-state index in [-0.39, 0.29) is 11.9 Å². The van der Waals surface area contributed by atoms with Crippen molar-refractivity contribution in [1.29, 1.82) is 0 Å². The molecule has 0 aliphatic carbocycles. The maximum absolute atomic E-state index is 12.0. The molecule has 0 bridgehead atoms. The van der Waals surface area contributed by atoms with Gasteiger partial charge in [0.25, 0.3) is 5.91 Å². The molecule has 3 rings (SSSR count). The van der Waals surface area contributed by atoms with E-state index in [2.05, 4.69) is 5.32 Å². The summed E-state index contributed by atoms with van der Waals surface area (Å²) in [5.74, 6) is 1.89. The summed E-state index contributed by atoms with van der Waals surface area (Å²) in [5, 5.41) is 13.6. The Balaban J connectivity index is 1.55. The van der Waals surface area contributed by atoms with Gasteiger partial charge in [0.15, 0.2) is 0 Å². The minimum absolute atomic E-state index is 0.260. The van der Waals surface area contributed by atoms with E-state index in [1.165, 1.54) is 0 Å². The number of carbonyl (C=O) groups excluding carboxylic acids is 1. The van der Waals surface area contributed by atoms with Gasteiger partial charge in [0.2, 0.25) is 0 Å². The van der Waals surface area contributed by atoms with Gasteiger partial charge >= 0.3 is 0 Å². The van der Waals surface area contributed by atoms with Crippen molar-refractivity contribution in [1.82, 2.24) is 10.4 Å². The van der Waals surface area contributed by atoms with Crippen molar-refractivity contribution >= 4 is 17.7 Å². The first kappa shape index (κ1) is 16.8. The van der Waals surface area contributed by atoms with Crippen LogP contribution in [0.5, 0.6) is 11.5 Å². The quantitative estimate of drug-likeness (QED) is 0.644. The van der Waals surface area contributed by atoms with E-state index in [1.807, 2.05) is 54.6 Å². The van der Waals surface area contributed by atoms with E-state index < -0.39 is 0 Å². The second kappa shape index (κ2) is 8.19. The monoisotopic (exact) mass is 344 g/mol. The molecular formula is C18H20N2O3S. The molecule has 2 aromatic rings. The number of para-hydroxylation sites is 1. The molecule has 0 aromatic heterocycles. The molecule has 1 unspecified atom stereocenters.